The van der Waals surface area contributed by atoms with Gasteiger partial charge in [-0.25, -0.2) is 0 Å². The van der Waals surface area contributed by atoms with Gasteiger partial charge in [0.15, 0.2) is 0 Å². The monoisotopic (exact) mass is 521 g/mol. The molecule has 8 nitrogen and oxygen atoms in total. The summed E-state index contributed by atoms with van der Waals surface area (Å²) in [5.41, 5.74) is -1.27. The lowest BCUT2D eigenvalue weighted by Crippen LogP contribution is -2.57. The average Bonchev–Trinajstić information content (AvgIpc) is 3.19. The molecule has 4 aliphatic heterocycles. The first kappa shape index (κ1) is 26.6. The minimum atomic E-state index is -1.28. The van der Waals surface area contributed by atoms with E-state index in [9.17, 15) is 19.5 Å². The second-order valence-electron chi connectivity index (χ2n) is 11.0. The van der Waals surface area contributed by atoms with Crippen LogP contribution < -0.4 is 0 Å². The number of aliphatic hydroxyl groups excluding tert-OH is 1. The van der Waals surface area contributed by atoms with E-state index in [-0.39, 0.29) is 36.9 Å². The number of β-amino-alcohol motifs (C(OH)–C–C–N with tert-alkyl or cyclic N) is 1. The minimum absolute atomic E-state index is 0.00710. The number of aliphatic hydroxyl groups is 1. The molecule has 0 bridgehead atoms. The summed E-state index contributed by atoms with van der Waals surface area (Å²) < 4.78 is 6.94. The number of nitrogens with zero attached hydrogens (tertiary/aromatic N) is 3. The molecule has 8 heteroatoms. The summed E-state index contributed by atoms with van der Waals surface area (Å²) >= 11 is 0. The van der Waals surface area contributed by atoms with Crippen LogP contribution in [0, 0.1) is 11.8 Å². The Kier molecular flexibility index (Phi) is 7.22. The number of amides is 3. The van der Waals surface area contributed by atoms with Crippen molar-refractivity contribution < 1.29 is 24.2 Å². The van der Waals surface area contributed by atoms with Crippen LogP contribution in [-0.2, 0) is 25.7 Å². The molecule has 4 heterocycles. The third-order valence-corrected chi connectivity index (χ3v) is 8.85. The normalized spacial score (nSPS) is 33.2. The van der Waals surface area contributed by atoms with Crippen LogP contribution in [0.3, 0.4) is 0 Å². The zero-order valence-corrected chi connectivity index (χ0v) is 22.6. The summed E-state index contributed by atoms with van der Waals surface area (Å²) in [4.78, 5) is 47.7. The van der Waals surface area contributed by atoms with Gasteiger partial charge in [0.25, 0.3) is 0 Å². The zero-order valence-electron chi connectivity index (χ0n) is 22.6. The Balaban J connectivity index is 1.59. The Morgan fingerprint density at radius 1 is 1.00 bits per heavy atom. The number of hydrogen-bond donors (Lipinski definition) is 1. The van der Waals surface area contributed by atoms with Gasteiger partial charge in [0.2, 0.25) is 17.7 Å². The van der Waals surface area contributed by atoms with E-state index in [4.69, 9.17) is 4.74 Å². The molecule has 1 N–H and O–H groups in total. The first-order chi connectivity index (χ1) is 18.3. The topological polar surface area (TPSA) is 90.4 Å². The molecular formula is C30H39N3O5. The maximum Gasteiger partial charge on any atom is 0.249 e. The van der Waals surface area contributed by atoms with E-state index in [1.54, 1.807) is 4.90 Å². The van der Waals surface area contributed by atoms with Gasteiger partial charge in [-0.1, -0.05) is 74.9 Å². The highest BCUT2D eigenvalue weighted by molar-refractivity contribution is 6.00. The van der Waals surface area contributed by atoms with Gasteiger partial charge >= 0.3 is 0 Å². The molecule has 6 atom stereocenters. The van der Waals surface area contributed by atoms with Crippen molar-refractivity contribution >= 4 is 17.7 Å². The molecule has 2 unspecified atom stereocenters. The number of benzene rings is 1. The van der Waals surface area contributed by atoms with E-state index >= 15 is 0 Å². The Morgan fingerprint density at radius 2 is 1.74 bits per heavy atom. The van der Waals surface area contributed by atoms with Gasteiger partial charge in [-0.05, 0) is 25.3 Å². The van der Waals surface area contributed by atoms with Crippen LogP contribution >= 0.6 is 0 Å². The number of likely N-dealkylation sites (tertiary alicyclic amines) is 1. The van der Waals surface area contributed by atoms with E-state index in [0.29, 0.717) is 26.1 Å². The molecule has 1 aromatic carbocycles. The molecule has 2 saturated heterocycles. The molecule has 1 aromatic rings. The average molecular weight is 522 g/mol. The fourth-order valence-corrected chi connectivity index (χ4v) is 7.09. The first-order valence-electron chi connectivity index (χ1n) is 13.9. The van der Waals surface area contributed by atoms with Crippen molar-refractivity contribution in [1.82, 2.24) is 14.7 Å². The Hall–Kier alpha value is -2.97. The van der Waals surface area contributed by atoms with E-state index in [0.717, 1.165) is 18.4 Å². The molecular weight excluding hydrogens is 482 g/mol. The van der Waals surface area contributed by atoms with Gasteiger partial charge < -0.3 is 24.5 Å². The zero-order chi connectivity index (χ0) is 27.1. The van der Waals surface area contributed by atoms with Crippen molar-refractivity contribution in [3.05, 3.63) is 60.2 Å². The van der Waals surface area contributed by atoms with E-state index < -0.39 is 29.1 Å². The second-order valence-corrected chi connectivity index (χ2v) is 11.0. The van der Waals surface area contributed by atoms with Gasteiger partial charge in [-0.2, -0.15) is 0 Å². The lowest BCUT2D eigenvalue weighted by atomic mass is 9.73. The van der Waals surface area contributed by atoms with Crippen LogP contribution in [0.1, 0.15) is 45.6 Å². The van der Waals surface area contributed by atoms with Gasteiger partial charge in [0.05, 0.1) is 24.0 Å². The van der Waals surface area contributed by atoms with Gasteiger partial charge in [0, 0.05) is 32.2 Å². The van der Waals surface area contributed by atoms with Gasteiger partial charge in [-0.3, -0.25) is 14.4 Å². The van der Waals surface area contributed by atoms with Crippen LogP contribution in [0.4, 0.5) is 0 Å². The van der Waals surface area contributed by atoms with E-state index in [1.807, 2.05) is 73.4 Å². The number of rotatable bonds is 8. The largest absolute Gasteiger partial charge is 0.395 e. The highest BCUT2D eigenvalue weighted by Crippen LogP contribution is 2.58. The minimum Gasteiger partial charge on any atom is -0.395 e. The number of carbonyl (C=O) groups excluding carboxylic acids is 3. The Labute approximate surface area is 224 Å². The van der Waals surface area contributed by atoms with Gasteiger partial charge in [0.1, 0.15) is 11.6 Å². The number of carbonyl (C=O) groups is 3. The molecule has 1 spiro atoms. The van der Waals surface area contributed by atoms with Gasteiger partial charge in [-0.15, -0.1) is 0 Å². The summed E-state index contributed by atoms with van der Waals surface area (Å²) in [5.74, 6) is -2.24. The molecule has 2 fully saturated rings. The third-order valence-electron chi connectivity index (χ3n) is 8.85. The van der Waals surface area contributed by atoms with Crippen molar-refractivity contribution in [2.45, 2.75) is 69.9 Å². The van der Waals surface area contributed by atoms with Crippen LogP contribution in [0.2, 0.25) is 0 Å². The fraction of sp³-hybridized carbons (Fsp3) is 0.567. The summed E-state index contributed by atoms with van der Waals surface area (Å²) in [6.07, 6.45) is 9.99. The molecule has 0 saturated carbocycles. The summed E-state index contributed by atoms with van der Waals surface area (Å²) in [6, 6.07) is 8.87. The van der Waals surface area contributed by atoms with Crippen LogP contribution in [0.5, 0.6) is 0 Å². The van der Waals surface area contributed by atoms with E-state index in [1.165, 1.54) is 4.90 Å². The van der Waals surface area contributed by atoms with Crippen LogP contribution in [0.25, 0.3) is 0 Å². The molecule has 3 amide bonds. The molecule has 5 rings (SSSR count). The predicted octanol–water partition coefficient (Wildman–Crippen LogP) is 2.53. The lowest BCUT2D eigenvalue weighted by Gasteiger charge is -2.39. The number of hydrogen-bond acceptors (Lipinski definition) is 5. The predicted molar refractivity (Wildman–Crippen MR) is 143 cm³/mol. The number of fused-ring (bicyclic) bond motifs is 2. The highest BCUT2D eigenvalue weighted by atomic mass is 16.5. The number of ether oxygens (including phenoxy) is 1. The maximum absolute atomic E-state index is 14.3. The second kappa shape index (κ2) is 10.3. The summed E-state index contributed by atoms with van der Waals surface area (Å²) in [5, 5.41) is 9.88. The van der Waals surface area contributed by atoms with Crippen molar-refractivity contribution in [2.75, 3.05) is 26.2 Å². The van der Waals surface area contributed by atoms with Crippen molar-refractivity contribution in [3.8, 4) is 0 Å². The SMILES string of the molecule is CCCC(C)N1CC=C[C@]23O[C@]4(CC)C=CCN(Cc5ccccc5)C(=O)[C@@H]4[C@H]2C(=O)N(CCO)C3C1=O. The van der Waals surface area contributed by atoms with Crippen LogP contribution in [0.15, 0.2) is 54.6 Å². The summed E-state index contributed by atoms with van der Waals surface area (Å²) in [7, 11) is 0. The maximum atomic E-state index is 14.3. The molecule has 0 aliphatic carbocycles. The third kappa shape index (κ3) is 4.00. The van der Waals surface area contributed by atoms with Crippen molar-refractivity contribution in [2.24, 2.45) is 11.8 Å². The molecule has 0 aromatic heterocycles. The Morgan fingerprint density at radius 3 is 2.42 bits per heavy atom. The van der Waals surface area contributed by atoms with E-state index in [2.05, 4.69) is 6.92 Å². The molecule has 4 aliphatic rings. The first-order valence-corrected chi connectivity index (χ1v) is 13.9. The van der Waals surface area contributed by atoms with Crippen LogP contribution in [-0.4, -0.2) is 87.1 Å². The smallest absolute Gasteiger partial charge is 0.249 e. The lowest BCUT2D eigenvalue weighted by molar-refractivity contribution is -0.155. The summed E-state index contributed by atoms with van der Waals surface area (Å²) in [6.45, 7) is 7.09. The van der Waals surface area contributed by atoms with Crippen molar-refractivity contribution in [3.63, 3.8) is 0 Å². The van der Waals surface area contributed by atoms with Crippen molar-refractivity contribution in [1.29, 1.82) is 0 Å². The quantitative estimate of drug-likeness (QED) is 0.531. The Bertz CT molecular complexity index is 1140. The molecule has 204 valence electrons. The highest BCUT2D eigenvalue weighted by Gasteiger charge is 2.75. The molecule has 38 heavy (non-hydrogen) atoms. The molecule has 0 radical (unpaired) electrons. The standard InChI is InChI=1S/C30H39N3O5/c1-4-11-21(3)32-17-10-15-30-24(27(36)33(18-19-34)25(30)28(32)37)23-26(35)31(20-22-12-7-6-8-13-22)16-9-14-29(23,5-2)38-30/h6-10,12-15,21,23-25,34H,4-5,11,16-20H2,1-3H3/t21?,23-,24-,25?,29+,30-/m0/s1. The fourth-order valence-electron chi connectivity index (χ4n) is 7.09.